The molecule has 0 saturated carbocycles. The molecule has 0 atom stereocenters. The van der Waals surface area contributed by atoms with Crippen molar-refractivity contribution in [1.29, 1.82) is 0 Å². The first-order valence-corrected chi connectivity index (χ1v) is 8.20. The minimum Gasteiger partial charge on any atom is -0.350 e. The lowest BCUT2D eigenvalue weighted by atomic mass is 10.1. The van der Waals surface area contributed by atoms with Crippen LogP contribution in [0, 0.1) is 0 Å². The van der Waals surface area contributed by atoms with Gasteiger partial charge in [0.1, 0.15) is 0 Å². The van der Waals surface area contributed by atoms with Gasteiger partial charge < -0.3 is 5.32 Å². The van der Waals surface area contributed by atoms with Gasteiger partial charge in [0.2, 0.25) is 9.47 Å². The molecule has 19 heavy (non-hydrogen) atoms. The van der Waals surface area contributed by atoms with E-state index >= 15 is 0 Å². The smallest absolute Gasteiger partial charge is 0.282 e. The molecule has 1 aromatic rings. The molecular formula is C13H22ClN3OS. The van der Waals surface area contributed by atoms with Gasteiger partial charge in [-0.05, 0) is 18.0 Å². The zero-order chi connectivity index (χ0) is 13.9. The number of aromatic nitrogens is 2. The standard InChI is InChI=1S/C13H22ClN3OS/c1-2-3-4-5-6-7-8-9-10-15-11(18)12-16-17-13(14)19-12/h2-10H2,1H3,(H,15,18). The average Bonchev–Trinajstić information content (AvgIpc) is 2.83. The van der Waals surface area contributed by atoms with Crippen molar-refractivity contribution >= 4 is 28.8 Å². The Balaban J connectivity index is 1.95. The summed E-state index contributed by atoms with van der Waals surface area (Å²) in [5, 5.41) is 10.5. The fourth-order valence-electron chi connectivity index (χ4n) is 1.83. The van der Waals surface area contributed by atoms with E-state index in [1.807, 2.05) is 0 Å². The lowest BCUT2D eigenvalue weighted by Gasteiger charge is -2.03. The number of hydrogen-bond acceptors (Lipinski definition) is 4. The third kappa shape index (κ3) is 7.47. The number of carbonyl (C=O) groups excluding carboxylic acids is 1. The SMILES string of the molecule is CCCCCCCCCCNC(=O)c1nnc(Cl)s1. The van der Waals surface area contributed by atoms with E-state index in [1.54, 1.807) is 0 Å². The van der Waals surface area contributed by atoms with Crippen LogP contribution in [0.2, 0.25) is 4.47 Å². The summed E-state index contributed by atoms with van der Waals surface area (Å²) in [6, 6.07) is 0. The van der Waals surface area contributed by atoms with Crippen LogP contribution >= 0.6 is 22.9 Å². The Morgan fingerprint density at radius 1 is 1.11 bits per heavy atom. The summed E-state index contributed by atoms with van der Waals surface area (Å²) in [4.78, 5) is 11.6. The van der Waals surface area contributed by atoms with Gasteiger partial charge >= 0.3 is 0 Å². The average molecular weight is 304 g/mol. The summed E-state index contributed by atoms with van der Waals surface area (Å²) in [6.45, 7) is 2.93. The van der Waals surface area contributed by atoms with Gasteiger partial charge in [-0.3, -0.25) is 4.79 Å². The van der Waals surface area contributed by atoms with Crippen molar-refractivity contribution in [3.05, 3.63) is 9.47 Å². The van der Waals surface area contributed by atoms with E-state index in [1.165, 1.54) is 44.9 Å². The predicted octanol–water partition coefficient (Wildman–Crippen LogP) is 4.06. The monoisotopic (exact) mass is 303 g/mol. The maximum atomic E-state index is 11.6. The highest BCUT2D eigenvalue weighted by Crippen LogP contribution is 2.14. The normalized spacial score (nSPS) is 10.6. The van der Waals surface area contributed by atoms with Crippen molar-refractivity contribution in [2.45, 2.75) is 58.3 Å². The molecule has 0 bridgehead atoms. The molecule has 1 heterocycles. The van der Waals surface area contributed by atoms with Crippen molar-refractivity contribution in [3.8, 4) is 0 Å². The third-order valence-electron chi connectivity index (χ3n) is 2.91. The molecule has 0 fully saturated rings. The Hall–Kier alpha value is -0.680. The molecule has 6 heteroatoms. The Morgan fingerprint density at radius 2 is 1.74 bits per heavy atom. The van der Waals surface area contributed by atoms with Crippen molar-refractivity contribution in [3.63, 3.8) is 0 Å². The number of nitrogens with zero attached hydrogens (tertiary/aromatic N) is 2. The van der Waals surface area contributed by atoms with Gasteiger partial charge in [-0.25, -0.2) is 0 Å². The Bertz CT molecular complexity index is 371. The first kappa shape index (κ1) is 16.4. The van der Waals surface area contributed by atoms with Crippen molar-refractivity contribution in [1.82, 2.24) is 15.5 Å². The van der Waals surface area contributed by atoms with Crippen LogP contribution in [0.3, 0.4) is 0 Å². The van der Waals surface area contributed by atoms with Gasteiger partial charge in [0.15, 0.2) is 0 Å². The van der Waals surface area contributed by atoms with E-state index in [9.17, 15) is 4.79 Å². The molecule has 0 aliphatic carbocycles. The van der Waals surface area contributed by atoms with E-state index in [-0.39, 0.29) is 5.91 Å². The highest BCUT2D eigenvalue weighted by Gasteiger charge is 2.10. The molecule has 1 amide bonds. The van der Waals surface area contributed by atoms with Gasteiger partial charge in [-0.15, -0.1) is 10.2 Å². The summed E-state index contributed by atoms with van der Waals surface area (Å²) in [6.07, 6.45) is 10.1. The van der Waals surface area contributed by atoms with Crippen LogP contribution in [-0.2, 0) is 0 Å². The van der Waals surface area contributed by atoms with E-state index in [2.05, 4.69) is 22.4 Å². The van der Waals surface area contributed by atoms with E-state index < -0.39 is 0 Å². The van der Waals surface area contributed by atoms with Crippen LogP contribution in [0.4, 0.5) is 0 Å². The molecule has 0 spiro atoms. The van der Waals surface area contributed by atoms with Crippen molar-refractivity contribution < 1.29 is 4.79 Å². The first-order valence-electron chi connectivity index (χ1n) is 7.01. The summed E-state index contributed by atoms with van der Waals surface area (Å²) in [5.74, 6) is -0.174. The zero-order valence-electron chi connectivity index (χ0n) is 11.5. The second kappa shape index (κ2) is 10.1. The third-order valence-corrected chi connectivity index (χ3v) is 3.93. The van der Waals surface area contributed by atoms with Crippen LogP contribution in [0.15, 0.2) is 0 Å². The van der Waals surface area contributed by atoms with Gasteiger partial charge in [-0.2, -0.15) is 0 Å². The second-order valence-electron chi connectivity index (χ2n) is 4.59. The lowest BCUT2D eigenvalue weighted by molar-refractivity contribution is 0.0952. The number of halogens is 1. The summed E-state index contributed by atoms with van der Waals surface area (Å²) < 4.78 is 0.303. The maximum absolute atomic E-state index is 11.6. The summed E-state index contributed by atoms with van der Waals surface area (Å²) in [5.41, 5.74) is 0. The molecule has 0 radical (unpaired) electrons. The molecule has 0 unspecified atom stereocenters. The molecule has 1 rings (SSSR count). The molecule has 0 aliphatic heterocycles. The number of rotatable bonds is 10. The van der Waals surface area contributed by atoms with E-state index in [4.69, 9.17) is 11.6 Å². The fourth-order valence-corrected chi connectivity index (χ4v) is 2.58. The molecule has 0 saturated heterocycles. The van der Waals surface area contributed by atoms with Crippen LogP contribution < -0.4 is 5.32 Å². The van der Waals surface area contributed by atoms with Crippen LogP contribution in [0.5, 0.6) is 0 Å². The first-order chi connectivity index (χ1) is 9.24. The number of unbranched alkanes of at least 4 members (excludes halogenated alkanes) is 7. The topological polar surface area (TPSA) is 54.9 Å². The Kier molecular flexibility index (Phi) is 8.75. The molecule has 108 valence electrons. The Labute approximate surface area is 124 Å². The quantitative estimate of drug-likeness (QED) is 0.663. The fraction of sp³-hybridized carbons (Fsp3) is 0.769. The number of carbonyl (C=O) groups is 1. The largest absolute Gasteiger partial charge is 0.350 e. The highest BCUT2D eigenvalue weighted by atomic mass is 35.5. The van der Waals surface area contributed by atoms with E-state index in [0.29, 0.717) is 16.0 Å². The molecular weight excluding hydrogens is 282 g/mol. The molecule has 4 nitrogen and oxygen atoms in total. The number of amides is 1. The summed E-state index contributed by atoms with van der Waals surface area (Å²) in [7, 11) is 0. The zero-order valence-corrected chi connectivity index (χ0v) is 13.0. The number of nitrogens with one attached hydrogen (secondary N) is 1. The predicted molar refractivity (Wildman–Crippen MR) is 79.9 cm³/mol. The Morgan fingerprint density at radius 3 is 2.32 bits per heavy atom. The summed E-state index contributed by atoms with van der Waals surface area (Å²) >= 11 is 6.73. The van der Waals surface area contributed by atoms with Crippen molar-refractivity contribution in [2.24, 2.45) is 0 Å². The number of hydrogen-bond donors (Lipinski definition) is 1. The maximum Gasteiger partial charge on any atom is 0.282 e. The highest BCUT2D eigenvalue weighted by molar-refractivity contribution is 7.17. The lowest BCUT2D eigenvalue weighted by Crippen LogP contribution is -2.24. The van der Waals surface area contributed by atoms with Gasteiger partial charge in [-0.1, -0.05) is 63.2 Å². The van der Waals surface area contributed by atoms with E-state index in [0.717, 1.165) is 17.8 Å². The van der Waals surface area contributed by atoms with Gasteiger partial charge in [0.25, 0.3) is 5.91 Å². The molecule has 0 aliphatic rings. The van der Waals surface area contributed by atoms with Crippen molar-refractivity contribution in [2.75, 3.05) is 6.54 Å². The van der Waals surface area contributed by atoms with Crippen LogP contribution in [-0.4, -0.2) is 22.6 Å². The molecule has 1 N–H and O–H groups in total. The van der Waals surface area contributed by atoms with Crippen LogP contribution in [0.1, 0.15) is 68.1 Å². The van der Waals surface area contributed by atoms with Gasteiger partial charge in [0, 0.05) is 6.54 Å². The minimum absolute atomic E-state index is 0.174. The van der Waals surface area contributed by atoms with Gasteiger partial charge in [0.05, 0.1) is 0 Å². The minimum atomic E-state index is -0.174. The second-order valence-corrected chi connectivity index (χ2v) is 6.15. The molecule has 0 aromatic carbocycles. The van der Waals surface area contributed by atoms with Crippen LogP contribution in [0.25, 0.3) is 0 Å². The molecule has 1 aromatic heterocycles.